The summed E-state index contributed by atoms with van der Waals surface area (Å²) in [5, 5.41) is 19.0. The minimum Gasteiger partial charge on any atom is -0.351 e. The maximum Gasteiger partial charge on any atom is 0.304 e. The Kier molecular flexibility index (Phi) is 10.2. The highest BCUT2D eigenvalue weighted by Crippen LogP contribution is 2.47. The van der Waals surface area contributed by atoms with Crippen LogP contribution in [0.5, 0.6) is 0 Å². The Morgan fingerprint density at radius 2 is 1.24 bits per heavy atom. The highest BCUT2D eigenvalue weighted by atomic mass is 35.5. The van der Waals surface area contributed by atoms with Crippen LogP contribution in [0, 0.1) is 0 Å². The molecule has 6 aromatic rings. The first kappa shape index (κ1) is 37.2. The molecule has 0 atom stereocenters. The van der Waals surface area contributed by atoms with Gasteiger partial charge < -0.3 is 10.6 Å². The zero-order valence-electron chi connectivity index (χ0n) is 28.0. The summed E-state index contributed by atoms with van der Waals surface area (Å²) in [6.07, 6.45) is 3.98. The number of unbranched alkanes of at least 4 members (excludes halogenated alkanes) is 3. The minimum atomic E-state index is -4.41. The number of carbonyl (C=O) groups excluding carboxylic acids is 2. The third-order valence-electron chi connectivity index (χ3n) is 9.30. The molecule has 0 bridgehead atoms. The smallest absolute Gasteiger partial charge is 0.304 e. The van der Waals surface area contributed by atoms with Crippen LogP contribution in [-0.2, 0) is 23.0 Å². The molecule has 278 valence electrons. The average molecular weight is 863 g/mol. The molecule has 2 amide bonds. The van der Waals surface area contributed by atoms with Gasteiger partial charge in [-0.15, -0.1) is 22.7 Å². The van der Waals surface area contributed by atoms with E-state index in [-0.39, 0.29) is 28.1 Å². The minimum absolute atomic E-state index is 0.186. The van der Waals surface area contributed by atoms with Crippen LogP contribution in [-0.4, -0.2) is 57.4 Å². The van der Waals surface area contributed by atoms with Crippen molar-refractivity contribution in [2.45, 2.75) is 42.7 Å². The lowest BCUT2D eigenvalue weighted by molar-refractivity contribution is 0.0937. The predicted octanol–water partition coefficient (Wildman–Crippen LogP) is 8.90. The third-order valence-corrected chi connectivity index (χ3v) is 13.8. The van der Waals surface area contributed by atoms with Crippen molar-refractivity contribution in [1.82, 2.24) is 30.2 Å². The number of hydrogen-bond acceptors (Lipinski definition) is 8. The van der Waals surface area contributed by atoms with Crippen molar-refractivity contribution in [3.63, 3.8) is 0 Å². The molecule has 2 aliphatic carbocycles. The second kappa shape index (κ2) is 14.7. The van der Waals surface area contributed by atoms with Gasteiger partial charge in [-0.2, -0.15) is 18.6 Å². The first-order valence-electron chi connectivity index (χ1n) is 16.8. The number of nitrogens with zero attached hydrogens (tertiary/aromatic N) is 4. The molecule has 18 heteroatoms. The lowest BCUT2D eigenvalue weighted by Gasteiger charge is -2.08. The van der Waals surface area contributed by atoms with E-state index in [1.165, 1.54) is 10.7 Å². The van der Waals surface area contributed by atoms with Gasteiger partial charge in [0.2, 0.25) is 0 Å². The highest BCUT2D eigenvalue weighted by Gasteiger charge is 2.35. The Balaban J connectivity index is 0.873. The standard InChI is InChI=1S/C36H28Cl4N6O5S3/c37-20-5-7-26(24(39)16-20)45-31-22(13-18-9-12-52-33(18)31)29(43-45)35(47)41-10-3-1-2-4-11-42-36(48)30-23-14-19-15-28(54(49,50)51)53-34(19)32(23)46(44-30)27-8-6-21(38)17-25(27)40/h5-9,12,15-17H,1-4,10-11,13-14H2,(H,41,47)(H,42,48)(H,49,50,51). The highest BCUT2D eigenvalue weighted by molar-refractivity contribution is 7.88. The Bertz CT molecular complexity index is 2610. The number of rotatable bonds is 12. The normalized spacial score (nSPS) is 12.8. The first-order valence-corrected chi connectivity index (χ1v) is 21.4. The van der Waals surface area contributed by atoms with Gasteiger partial charge in [-0.3, -0.25) is 14.1 Å². The van der Waals surface area contributed by atoms with E-state index in [9.17, 15) is 22.6 Å². The largest absolute Gasteiger partial charge is 0.351 e. The molecule has 0 unspecified atom stereocenters. The van der Waals surface area contributed by atoms with E-state index in [4.69, 9.17) is 51.5 Å². The van der Waals surface area contributed by atoms with E-state index in [1.807, 2.05) is 5.38 Å². The van der Waals surface area contributed by atoms with E-state index in [0.29, 0.717) is 84.8 Å². The Hall–Kier alpha value is -3.73. The predicted molar refractivity (Wildman–Crippen MR) is 212 cm³/mol. The van der Waals surface area contributed by atoms with Crippen LogP contribution in [0.1, 0.15) is 68.9 Å². The summed E-state index contributed by atoms with van der Waals surface area (Å²) in [5.41, 5.74) is 6.47. The number of benzene rings is 2. The van der Waals surface area contributed by atoms with E-state index >= 15 is 0 Å². The summed E-state index contributed by atoms with van der Waals surface area (Å²) in [4.78, 5) is 28.5. The summed E-state index contributed by atoms with van der Waals surface area (Å²) in [5.74, 6) is -0.610. The van der Waals surface area contributed by atoms with Crippen LogP contribution < -0.4 is 10.6 Å². The van der Waals surface area contributed by atoms with Gasteiger partial charge in [0.25, 0.3) is 11.8 Å². The van der Waals surface area contributed by atoms with Crippen LogP contribution >= 0.6 is 69.1 Å². The Morgan fingerprint density at radius 1 is 0.722 bits per heavy atom. The SMILES string of the molecule is O=C(NCCCCCCNC(=O)c1nn(-c2ccc(Cl)cc2Cl)c2c1Cc1cc(S(=O)(=O)O)sc1-2)c1nn(-c2ccc(Cl)cc2Cl)c2c1Cc1ccsc1-2. The summed E-state index contributed by atoms with van der Waals surface area (Å²) >= 11 is 27.8. The molecule has 4 aromatic heterocycles. The lowest BCUT2D eigenvalue weighted by atomic mass is 10.1. The quantitative estimate of drug-likeness (QED) is 0.0821. The number of aromatic nitrogens is 4. The molecule has 0 radical (unpaired) electrons. The zero-order chi connectivity index (χ0) is 37.9. The molecule has 3 N–H and O–H groups in total. The van der Waals surface area contributed by atoms with Crippen molar-refractivity contribution >= 4 is 91.0 Å². The van der Waals surface area contributed by atoms with E-state index in [2.05, 4.69) is 21.8 Å². The van der Waals surface area contributed by atoms with Crippen molar-refractivity contribution in [2.24, 2.45) is 0 Å². The molecule has 8 rings (SSSR count). The van der Waals surface area contributed by atoms with E-state index < -0.39 is 10.1 Å². The number of carbonyl (C=O) groups is 2. The molecular formula is C36H28Cl4N6O5S3. The van der Waals surface area contributed by atoms with Gasteiger partial charge >= 0.3 is 10.1 Å². The zero-order valence-corrected chi connectivity index (χ0v) is 33.4. The maximum absolute atomic E-state index is 13.5. The average Bonchev–Trinajstić information content (AvgIpc) is 3.94. The van der Waals surface area contributed by atoms with Crippen LogP contribution in [0.2, 0.25) is 20.1 Å². The number of amides is 2. The second-order valence-corrected chi connectivity index (χ2v) is 18.1. The maximum atomic E-state index is 13.5. The van der Waals surface area contributed by atoms with Crippen molar-refractivity contribution in [1.29, 1.82) is 0 Å². The van der Waals surface area contributed by atoms with Crippen LogP contribution in [0.4, 0.5) is 0 Å². The number of thiophene rings is 2. The number of nitrogens with one attached hydrogen (secondary N) is 2. The second-order valence-electron chi connectivity index (χ2n) is 12.8. The number of fused-ring (bicyclic) bond motifs is 6. The van der Waals surface area contributed by atoms with E-state index in [0.717, 1.165) is 52.3 Å². The van der Waals surface area contributed by atoms with Crippen molar-refractivity contribution in [2.75, 3.05) is 13.1 Å². The van der Waals surface area contributed by atoms with Crippen LogP contribution in [0.15, 0.2) is 58.1 Å². The molecule has 0 aliphatic heterocycles. The number of halogens is 4. The van der Waals surface area contributed by atoms with Crippen molar-refractivity contribution < 1.29 is 22.6 Å². The third kappa shape index (κ3) is 6.87. The van der Waals surface area contributed by atoms with Crippen molar-refractivity contribution in [3.8, 4) is 32.5 Å². The first-order chi connectivity index (χ1) is 25.9. The van der Waals surface area contributed by atoms with Gasteiger partial charge in [0.05, 0.1) is 42.6 Å². The lowest BCUT2D eigenvalue weighted by Crippen LogP contribution is -2.26. The molecule has 4 heterocycles. The molecule has 54 heavy (non-hydrogen) atoms. The van der Waals surface area contributed by atoms with Gasteiger partial charge in [0.15, 0.2) is 11.4 Å². The van der Waals surface area contributed by atoms with Gasteiger partial charge in [0.1, 0.15) is 4.21 Å². The van der Waals surface area contributed by atoms with Crippen molar-refractivity contribution in [3.05, 3.63) is 108 Å². The summed E-state index contributed by atoms with van der Waals surface area (Å²) < 4.78 is 36.5. The monoisotopic (exact) mass is 860 g/mol. The summed E-state index contributed by atoms with van der Waals surface area (Å²) in [6.45, 7) is 0.876. The fraction of sp³-hybridized carbons (Fsp3) is 0.222. The molecule has 0 saturated heterocycles. The number of hydrogen-bond donors (Lipinski definition) is 3. The molecular weight excluding hydrogens is 834 g/mol. The molecule has 0 fully saturated rings. The fourth-order valence-corrected chi connectivity index (χ4v) is 10.7. The van der Waals surface area contributed by atoms with E-state index in [1.54, 1.807) is 52.4 Å². The van der Waals surface area contributed by atoms with Gasteiger partial charge in [-0.05, 0) is 77.9 Å². The van der Waals surface area contributed by atoms with Gasteiger partial charge in [0, 0.05) is 47.1 Å². The molecule has 2 aromatic carbocycles. The Labute approximate surface area is 337 Å². The topological polar surface area (TPSA) is 148 Å². The Morgan fingerprint density at radius 3 is 1.76 bits per heavy atom. The molecule has 2 aliphatic rings. The summed E-state index contributed by atoms with van der Waals surface area (Å²) in [7, 11) is -4.41. The summed E-state index contributed by atoms with van der Waals surface area (Å²) in [6, 6.07) is 13.6. The van der Waals surface area contributed by atoms with Crippen LogP contribution in [0.25, 0.3) is 32.5 Å². The molecule has 0 saturated carbocycles. The van der Waals surface area contributed by atoms with Crippen LogP contribution in [0.3, 0.4) is 0 Å². The fourth-order valence-electron chi connectivity index (χ4n) is 6.82. The van der Waals surface area contributed by atoms with Gasteiger partial charge in [-0.1, -0.05) is 59.2 Å². The molecule has 11 nitrogen and oxygen atoms in total. The van der Waals surface area contributed by atoms with Gasteiger partial charge in [-0.25, -0.2) is 9.36 Å². The molecule has 0 spiro atoms.